The molecule has 154 valence electrons. The summed E-state index contributed by atoms with van der Waals surface area (Å²) in [6, 6.07) is 8.32. The predicted octanol–water partition coefficient (Wildman–Crippen LogP) is 2.70. The number of nitro benzene ring substituents is 1. The molecule has 0 radical (unpaired) electrons. The van der Waals surface area contributed by atoms with Crippen LogP contribution in [0.2, 0.25) is 0 Å². The second kappa shape index (κ2) is 8.95. The molecule has 0 saturated heterocycles. The van der Waals surface area contributed by atoms with Gasteiger partial charge in [-0.1, -0.05) is 29.8 Å². The van der Waals surface area contributed by atoms with Gasteiger partial charge in [-0.2, -0.15) is 0 Å². The number of hydrogen-bond acceptors (Lipinski definition) is 7. The molecule has 0 aromatic heterocycles. The number of carbonyl (C=O) groups is 2. The SMILES string of the molecule is Cc1ccc(C(=O)c2cc(OC(=O)CCCP(=O)(O)O)c(O)c([N+](=O)[O-])c2)cc1. The number of carbonyl (C=O) groups excluding carboxylic acids is 2. The lowest BCUT2D eigenvalue weighted by atomic mass is 10.0. The molecule has 0 bridgehead atoms. The Morgan fingerprint density at radius 3 is 2.31 bits per heavy atom. The fraction of sp³-hybridized carbons (Fsp3) is 0.222. The van der Waals surface area contributed by atoms with Crippen LogP contribution in [-0.2, 0) is 9.36 Å². The molecule has 0 saturated carbocycles. The number of hydrogen-bond donors (Lipinski definition) is 3. The van der Waals surface area contributed by atoms with Gasteiger partial charge < -0.3 is 19.6 Å². The van der Waals surface area contributed by atoms with Gasteiger partial charge in [-0.25, -0.2) is 0 Å². The van der Waals surface area contributed by atoms with Crippen molar-refractivity contribution >= 4 is 25.0 Å². The van der Waals surface area contributed by atoms with Crippen molar-refractivity contribution in [2.45, 2.75) is 19.8 Å². The third-order valence-electron chi connectivity index (χ3n) is 3.88. The number of nitrogens with zero attached hydrogens (tertiary/aromatic N) is 1. The Hall–Kier alpha value is -3.07. The summed E-state index contributed by atoms with van der Waals surface area (Å²) in [7, 11) is -4.28. The van der Waals surface area contributed by atoms with Crippen LogP contribution >= 0.6 is 7.60 Å². The number of nitro groups is 1. The zero-order valence-corrected chi connectivity index (χ0v) is 16.2. The molecule has 2 aromatic rings. The Bertz CT molecular complexity index is 995. The maximum absolute atomic E-state index is 12.6. The molecule has 11 heteroatoms. The van der Waals surface area contributed by atoms with Crippen LogP contribution < -0.4 is 4.74 Å². The van der Waals surface area contributed by atoms with Crippen LogP contribution in [0, 0.1) is 17.0 Å². The zero-order valence-electron chi connectivity index (χ0n) is 15.3. The highest BCUT2D eigenvalue weighted by Gasteiger charge is 2.25. The molecule has 0 amide bonds. The van der Waals surface area contributed by atoms with Crippen LogP contribution in [0.4, 0.5) is 5.69 Å². The van der Waals surface area contributed by atoms with Crippen LogP contribution in [0.3, 0.4) is 0 Å². The van der Waals surface area contributed by atoms with E-state index in [0.717, 1.165) is 17.7 Å². The fourth-order valence-corrected chi connectivity index (χ4v) is 2.99. The summed E-state index contributed by atoms with van der Waals surface area (Å²) in [6.45, 7) is 1.82. The average Bonchev–Trinajstić information content (AvgIpc) is 2.62. The van der Waals surface area contributed by atoms with Crippen LogP contribution in [0.5, 0.6) is 11.5 Å². The van der Waals surface area contributed by atoms with E-state index in [4.69, 9.17) is 14.5 Å². The summed E-state index contributed by atoms with van der Waals surface area (Å²) in [5.74, 6) is -3.07. The van der Waals surface area contributed by atoms with E-state index >= 15 is 0 Å². The molecule has 0 fully saturated rings. The first-order chi connectivity index (χ1) is 13.5. The standard InChI is InChI=1S/C18H18NO9P/c1-11-4-6-12(7-5-11)17(21)13-9-14(19(23)24)18(22)15(10-13)28-16(20)3-2-8-29(25,26)27/h4-7,9-10,22H,2-3,8H2,1H3,(H2,25,26,27). The molecule has 0 aliphatic carbocycles. The van der Waals surface area contributed by atoms with E-state index in [1.165, 1.54) is 12.1 Å². The highest BCUT2D eigenvalue weighted by Crippen LogP contribution is 2.38. The number of benzene rings is 2. The molecule has 2 aromatic carbocycles. The quantitative estimate of drug-likeness (QED) is 0.145. The summed E-state index contributed by atoms with van der Waals surface area (Å²) in [4.78, 5) is 52.4. The maximum Gasteiger partial charge on any atom is 0.325 e. The van der Waals surface area contributed by atoms with Gasteiger partial charge in [-0.3, -0.25) is 24.3 Å². The van der Waals surface area contributed by atoms with Crippen molar-refractivity contribution in [3.05, 3.63) is 63.2 Å². The summed E-state index contributed by atoms with van der Waals surface area (Å²) in [5.41, 5.74) is 0.162. The first-order valence-electron chi connectivity index (χ1n) is 8.36. The Morgan fingerprint density at radius 2 is 1.76 bits per heavy atom. The Balaban J connectivity index is 2.31. The van der Waals surface area contributed by atoms with Gasteiger partial charge in [0.15, 0.2) is 11.5 Å². The summed E-state index contributed by atoms with van der Waals surface area (Å²) >= 11 is 0. The third kappa shape index (κ3) is 6.21. The first kappa shape index (κ1) is 22.2. The molecule has 29 heavy (non-hydrogen) atoms. The summed E-state index contributed by atoms with van der Waals surface area (Å²) in [6.07, 6.45) is -1.12. The number of phenolic OH excluding ortho intramolecular Hbond substituents is 1. The molecule has 10 nitrogen and oxygen atoms in total. The van der Waals surface area contributed by atoms with Crippen molar-refractivity contribution in [1.29, 1.82) is 0 Å². The molecule has 0 aliphatic heterocycles. The minimum Gasteiger partial charge on any atom is -0.499 e. The van der Waals surface area contributed by atoms with Crippen molar-refractivity contribution in [1.82, 2.24) is 0 Å². The molecule has 0 unspecified atom stereocenters. The highest BCUT2D eigenvalue weighted by molar-refractivity contribution is 7.51. The maximum atomic E-state index is 12.6. The molecule has 0 heterocycles. The van der Waals surface area contributed by atoms with E-state index < -0.39 is 54.0 Å². The molecule has 0 spiro atoms. The van der Waals surface area contributed by atoms with Gasteiger partial charge in [-0.05, 0) is 19.4 Å². The van der Waals surface area contributed by atoms with Crippen LogP contribution in [0.25, 0.3) is 0 Å². The lowest BCUT2D eigenvalue weighted by Crippen LogP contribution is -2.10. The van der Waals surface area contributed by atoms with Crippen molar-refractivity contribution in [2.75, 3.05) is 6.16 Å². The van der Waals surface area contributed by atoms with E-state index in [9.17, 15) is 29.4 Å². The van der Waals surface area contributed by atoms with Gasteiger partial charge in [0.2, 0.25) is 5.75 Å². The minimum absolute atomic E-state index is 0.170. The molecule has 0 atom stereocenters. The Labute approximate surface area is 165 Å². The van der Waals surface area contributed by atoms with Gasteiger partial charge in [0.05, 0.1) is 11.1 Å². The van der Waals surface area contributed by atoms with E-state index in [2.05, 4.69) is 0 Å². The Morgan fingerprint density at radius 1 is 1.14 bits per heavy atom. The minimum atomic E-state index is -4.28. The van der Waals surface area contributed by atoms with Gasteiger partial charge >= 0.3 is 19.3 Å². The second-order valence-electron chi connectivity index (χ2n) is 6.26. The van der Waals surface area contributed by atoms with Crippen LogP contribution in [0.1, 0.15) is 34.3 Å². The number of aryl methyl sites for hydroxylation is 1. The normalized spacial score (nSPS) is 11.1. The van der Waals surface area contributed by atoms with E-state index in [0.29, 0.717) is 0 Å². The summed E-state index contributed by atoms with van der Waals surface area (Å²) < 4.78 is 15.7. The first-order valence-corrected chi connectivity index (χ1v) is 10.2. The number of esters is 1. The summed E-state index contributed by atoms with van der Waals surface area (Å²) in [5, 5.41) is 21.2. The lowest BCUT2D eigenvalue weighted by Gasteiger charge is -2.10. The smallest absolute Gasteiger partial charge is 0.325 e. The lowest BCUT2D eigenvalue weighted by molar-refractivity contribution is -0.385. The van der Waals surface area contributed by atoms with E-state index in [-0.39, 0.29) is 17.5 Å². The fourth-order valence-electron chi connectivity index (χ4n) is 2.42. The number of aromatic hydroxyl groups is 1. The van der Waals surface area contributed by atoms with Gasteiger partial charge in [0, 0.05) is 23.6 Å². The Kier molecular flexibility index (Phi) is 6.86. The molecule has 0 aliphatic rings. The predicted molar refractivity (Wildman–Crippen MR) is 101 cm³/mol. The zero-order chi connectivity index (χ0) is 21.8. The number of rotatable bonds is 8. The van der Waals surface area contributed by atoms with E-state index in [1.54, 1.807) is 12.1 Å². The second-order valence-corrected chi connectivity index (χ2v) is 8.04. The number of phenols is 1. The van der Waals surface area contributed by atoms with Gasteiger partial charge in [0.1, 0.15) is 0 Å². The van der Waals surface area contributed by atoms with Gasteiger partial charge in [0.25, 0.3) is 0 Å². The van der Waals surface area contributed by atoms with Crippen molar-refractivity contribution < 1.29 is 38.7 Å². The van der Waals surface area contributed by atoms with E-state index in [1.807, 2.05) is 6.92 Å². The number of ether oxygens (including phenoxy) is 1. The molecular formula is C18H18NO9P. The molecular weight excluding hydrogens is 405 g/mol. The number of ketones is 1. The largest absolute Gasteiger partial charge is 0.499 e. The monoisotopic (exact) mass is 423 g/mol. The van der Waals surface area contributed by atoms with Gasteiger partial charge in [-0.15, -0.1) is 0 Å². The average molecular weight is 423 g/mol. The van der Waals surface area contributed by atoms with Crippen molar-refractivity contribution in [2.24, 2.45) is 0 Å². The topological polar surface area (TPSA) is 164 Å². The van der Waals surface area contributed by atoms with Crippen molar-refractivity contribution in [3.63, 3.8) is 0 Å². The molecule has 3 N–H and O–H groups in total. The third-order valence-corrected chi connectivity index (χ3v) is 4.78. The highest BCUT2D eigenvalue weighted by atomic mass is 31.2. The van der Waals surface area contributed by atoms with Crippen LogP contribution in [-0.4, -0.2) is 37.7 Å². The van der Waals surface area contributed by atoms with Crippen LogP contribution in [0.15, 0.2) is 36.4 Å². The molecule has 2 rings (SSSR count). The van der Waals surface area contributed by atoms with Crippen molar-refractivity contribution in [3.8, 4) is 11.5 Å².